The number of aromatic carboxylic acids is 1. The third-order valence-corrected chi connectivity index (χ3v) is 6.35. The molecule has 2 aromatic rings. The van der Waals surface area contributed by atoms with E-state index < -0.39 is 16.0 Å². The molecule has 0 saturated heterocycles. The first kappa shape index (κ1) is 15.1. The van der Waals surface area contributed by atoms with Crippen molar-refractivity contribution in [2.24, 2.45) is 0 Å². The van der Waals surface area contributed by atoms with E-state index in [0.29, 0.717) is 15.7 Å². The number of carboxylic acid groups (broad SMARTS) is 1. The van der Waals surface area contributed by atoms with Gasteiger partial charge in [0.25, 0.3) is 10.0 Å². The molecular formula is C14H14N2O4S2. The Hall–Kier alpha value is -1.77. The number of rotatable bonds is 6. The maximum atomic E-state index is 12.4. The van der Waals surface area contributed by atoms with Gasteiger partial charge in [-0.3, -0.25) is 0 Å². The fraction of sp³-hybridized carbons (Fsp3) is 0.286. The summed E-state index contributed by atoms with van der Waals surface area (Å²) in [7, 11) is -3.55. The summed E-state index contributed by atoms with van der Waals surface area (Å²) in [6.07, 6.45) is 3.45. The molecule has 1 aliphatic carbocycles. The van der Waals surface area contributed by atoms with Gasteiger partial charge in [0.15, 0.2) is 0 Å². The van der Waals surface area contributed by atoms with Crippen molar-refractivity contribution in [3.63, 3.8) is 0 Å². The summed E-state index contributed by atoms with van der Waals surface area (Å²) in [5, 5.41) is 10.6. The van der Waals surface area contributed by atoms with Crippen LogP contribution in [0.1, 0.15) is 40.4 Å². The van der Waals surface area contributed by atoms with Gasteiger partial charge in [-0.2, -0.15) is 0 Å². The van der Waals surface area contributed by atoms with Crippen LogP contribution in [-0.4, -0.2) is 24.5 Å². The second kappa shape index (κ2) is 5.79. The number of pyridine rings is 1. The van der Waals surface area contributed by atoms with Crippen LogP contribution in [0.25, 0.3) is 0 Å². The van der Waals surface area contributed by atoms with Crippen LogP contribution in [0.2, 0.25) is 0 Å². The average molecular weight is 338 g/mol. The monoisotopic (exact) mass is 338 g/mol. The molecule has 0 spiro atoms. The molecule has 1 aliphatic rings. The number of sulfonamides is 1. The van der Waals surface area contributed by atoms with E-state index in [0.717, 1.165) is 18.4 Å². The van der Waals surface area contributed by atoms with Gasteiger partial charge in [0, 0.05) is 12.7 Å². The molecule has 2 aromatic heterocycles. The van der Waals surface area contributed by atoms with Crippen LogP contribution in [0, 0.1) is 0 Å². The van der Waals surface area contributed by atoms with Crippen LogP contribution in [0.5, 0.6) is 0 Å². The molecule has 0 radical (unpaired) electrons. The summed E-state index contributed by atoms with van der Waals surface area (Å²) in [4.78, 5) is 14.5. The number of hydrogen-bond acceptors (Lipinski definition) is 5. The van der Waals surface area contributed by atoms with Crippen LogP contribution < -0.4 is 4.72 Å². The molecule has 116 valence electrons. The van der Waals surface area contributed by atoms with Crippen LogP contribution in [0.15, 0.2) is 34.0 Å². The molecule has 1 saturated carbocycles. The highest BCUT2D eigenvalue weighted by Crippen LogP contribution is 2.44. The van der Waals surface area contributed by atoms with Crippen LogP contribution in [-0.2, 0) is 16.6 Å². The number of hydrogen-bond donors (Lipinski definition) is 2. The van der Waals surface area contributed by atoms with Gasteiger partial charge in [0.05, 0.1) is 0 Å². The molecule has 2 heterocycles. The fourth-order valence-electron chi connectivity index (χ4n) is 2.12. The molecular weight excluding hydrogens is 324 g/mol. The zero-order chi connectivity index (χ0) is 15.7. The van der Waals surface area contributed by atoms with E-state index in [1.807, 2.05) is 6.07 Å². The molecule has 0 amide bonds. The second-order valence-corrected chi connectivity index (χ2v) is 8.00. The Bertz CT molecular complexity index is 793. The number of carboxylic acids is 1. The van der Waals surface area contributed by atoms with E-state index >= 15 is 0 Å². The Morgan fingerprint density at radius 1 is 1.36 bits per heavy atom. The molecule has 0 aromatic carbocycles. The maximum absolute atomic E-state index is 12.4. The Labute approximate surface area is 131 Å². The molecule has 1 fully saturated rings. The van der Waals surface area contributed by atoms with E-state index in [-0.39, 0.29) is 12.2 Å². The number of thiophene rings is 1. The molecule has 8 heteroatoms. The maximum Gasteiger partial charge on any atom is 0.354 e. The third kappa shape index (κ3) is 3.18. The minimum atomic E-state index is -3.55. The largest absolute Gasteiger partial charge is 0.477 e. The third-order valence-electron chi connectivity index (χ3n) is 3.43. The van der Waals surface area contributed by atoms with E-state index in [4.69, 9.17) is 5.11 Å². The quantitative estimate of drug-likeness (QED) is 0.842. The van der Waals surface area contributed by atoms with Gasteiger partial charge in [-0.15, -0.1) is 11.3 Å². The summed E-state index contributed by atoms with van der Waals surface area (Å²) in [5.41, 5.74) is 1.44. The van der Waals surface area contributed by atoms with Crippen molar-refractivity contribution >= 4 is 27.3 Å². The van der Waals surface area contributed by atoms with Gasteiger partial charge in [-0.25, -0.2) is 22.9 Å². The van der Waals surface area contributed by atoms with Crippen molar-refractivity contribution < 1.29 is 18.3 Å². The van der Waals surface area contributed by atoms with Crippen molar-refractivity contribution in [2.75, 3.05) is 0 Å². The lowest BCUT2D eigenvalue weighted by Gasteiger charge is -2.07. The van der Waals surface area contributed by atoms with Gasteiger partial charge in [0.1, 0.15) is 9.90 Å². The lowest BCUT2D eigenvalue weighted by Crippen LogP contribution is -2.23. The number of carbonyl (C=O) groups is 1. The molecule has 0 atom stereocenters. The van der Waals surface area contributed by atoms with Crippen LogP contribution >= 0.6 is 11.3 Å². The lowest BCUT2D eigenvalue weighted by molar-refractivity contribution is 0.0690. The van der Waals surface area contributed by atoms with Gasteiger partial charge in [0.2, 0.25) is 0 Å². The first-order valence-corrected chi connectivity index (χ1v) is 9.09. The first-order valence-electron chi connectivity index (χ1n) is 6.72. The lowest BCUT2D eigenvalue weighted by atomic mass is 10.2. The Morgan fingerprint density at radius 2 is 2.14 bits per heavy atom. The first-order chi connectivity index (χ1) is 10.5. The topological polar surface area (TPSA) is 96.4 Å². The predicted molar refractivity (Wildman–Crippen MR) is 81.5 cm³/mol. The molecule has 0 unspecified atom stereocenters. The molecule has 3 rings (SSSR count). The standard InChI is InChI=1S/C14H14N2O4S2/c17-13(18)12-4-1-9(7-15-12)8-16-22(19,20)14-11(5-6-21-14)10-2-3-10/h1,4-7,10,16H,2-3,8H2,(H,17,18). The van der Waals surface area contributed by atoms with E-state index in [1.165, 1.54) is 23.6 Å². The van der Waals surface area contributed by atoms with Gasteiger partial charge in [-0.05, 0) is 47.4 Å². The minimum Gasteiger partial charge on any atom is -0.477 e. The van der Waals surface area contributed by atoms with Gasteiger partial charge in [-0.1, -0.05) is 6.07 Å². The Kier molecular flexibility index (Phi) is 3.98. The molecule has 6 nitrogen and oxygen atoms in total. The highest BCUT2D eigenvalue weighted by molar-refractivity contribution is 7.91. The number of nitrogens with one attached hydrogen (secondary N) is 1. The van der Waals surface area contributed by atoms with Crippen LogP contribution in [0.4, 0.5) is 0 Å². The molecule has 2 N–H and O–H groups in total. The van der Waals surface area contributed by atoms with Gasteiger partial charge >= 0.3 is 5.97 Å². The Balaban J connectivity index is 1.72. The highest BCUT2D eigenvalue weighted by atomic mass is 32.2. The average Bonchev–Trinajstić information content (AvgIpc) is 3.22. The summed E-state index contributed by atoms with van der Waals surface area (Å²) in [6, 6.07) is 4.78. The number of aromatic nitrogens is 1. The van der Waals surface area contributed by atoms with Crippen molar-refractivity contribution in [3.05, 3.63) is 46.6 Å². The van der Waals surface area contributed by atoms with Crippen molar-refractivity contribution in [1.29, 1.82) is 0 Å². The highest BCUT2D eigenvalue weighted by Gasteiger charge is 2.31. The predicted octanol–water partition coefficient (Wildman–Crippen LogP) is 2.20. The van der Waals surface area contributed by atoms with Crippen LogP contribution in [0.3, 0.4) is 0 Å². The molecule has 0 aliphatic heterocycles. The second-order valence-electron chi connectivity index (χ2n) is 5.12. The Morgan fingerprint density at radius 3 is 2.73 bits per heavy atom. The van der Waals surface area contributed by atoms with Gasteiger partial charge < -0.3 is 5.11 Å². The summed E-state index contributed by atoms with van der Waals surface area (Å²) >= 11 is 1.22. The normalized spacial score (nSPS) is 14.9. The molecule has 0 bridgehead atoms. The summed E-state index contributed by atoms with van der Waals surface area (Å²) in [6.45, 7) is 0.0806. The van der Waals surface area contributed by atoms with Crippen molar-refractivity contribution in [2.45, 2.75) is 29.5 Å². The van der Waals surface area contributed by atoms with Crippen molar-refractivity contribution in [3.8, 4) is 0 Å². The number of nitrogens with zero attached hydrogens (tertiary/aromatic N) is 1. The summed E-state index contributed by atoms with van der Waals surface area (Å²) < 4.78 is 27.7. The molecule has 22 heavy (non-hydrogen) atoms. The van der Waals surface area contributed by atoms with E-state index in [1.54, 1.807) is 11.4 Å². The van der Waals surface area contributed by atoms with E-state index in [2.05, 4.69) is 9.71 Å². The minimum absolute atomic E-state index is 0.0686. The van der Waals surface area contributed by atoms with Crippen molar-refractivity contribution in [1.82, 2.24) is 9.71 Å². The smallest absolute Gasteiger partial charge is 0.354 e. The zero-order valence-corrected chi connectivity index (χ0v) is 13.2. The van der Waals surface area contributed by atoms with E-state index in [9.17, 15) is 13.2 Å². The SMILES string of the molecule is O=C(O)c1ccc(CNS(=O)(=O)c2sccc2C2CC2)cn1. The summed E-state index contributed by atoms with van der Waals surface area (Å²) in [5.74, 6) is -0.742. The fourth-order valence-corrected chi connectivity index (χ4v) is 4.71. The zero-order valence-electron chi connectivity index (χ0n) is 11.5.